The van der Waals surface area contributed by atoms with Gasteiger partial charge in [0.15, 0.2) is 0 Å². The van der Waals surface area contributed by atoms with Crippen molar-refractivity contribution < 1.29 is 4.79 Å². The number of hydrogen-bond acceptors (Lipinski definition) is 4. The minimum absolute atomic E-state index is 0.0428. The second-order valence-electron chi connectivity index (χ2n) is 3.42. The number of tetrazole rings is 1. The van der Waals surface area contributed by atoms with Crippen LogP contribution in [0.15, 0.2) is 6.33 Å². The van der Waals surface area contributed by atoms with Gasteiger partial charge in [-0.05, 0) is 16.8 Å². The molecule has 0 unspecified atom stereocenters. The molecule has 0 aliphatic carbocycles. The molecule has 1 rings (SSSR count). The van der Waals surface area contributed by atoms with E-state index in [4.69, 9.17) is 0 Å². The van der Waals surface area contributed by atoms with E-state index in [2.05, 4.69) is 27.8 Å². The Morgan fingerprint density at radius 3 is 2.93 bits per heavy atom. The summed E-state index contributed by atoms with van der Waals surface area (Å²) in [6.07, 6.45) is 6.06. The first kappa shape index (κ1) is 11.6. The van der Waals surface area contributed by atoms with Gasteiger partial charge in [-0.3, -0.25) is 4.79 Å². The Bertz CT molecular complexity index is 272. The Kier molecular flexibility index (Phi) is 5.35. The first-order chi connectivity index (χ1) is 7.33. The Balaban J connectivity index is 2.04. The molecule has 1 aromatic rings. The van der Waals surface area contributed by atoms with Gasteiger partial charge in [-0.2, -0.15) is 0 Å². The van der Waals surface area contributed by atoms with Gasteiger partial charge in [-0.15, -0.1) is 5.10 Å². The lowest BCUT2D eigenvalue weighted by atomic mass is 10.2. The average molecular weight is 211 g/mol. The number of rotatable bonds is 7. The van der Waals surface area contributed by atoms with Crippen LogP contribution in [0, 0.1) is 0 Å². The zero-order chi connectivity index (χ0) is 10.9. The number of aromatic nitrogens is 4. The largest absolute Gasteiger partial charge is 0.354 e. The highest BCUT2D eigenvalue weighted by molar-refractivity contribution is 5.75. The summed E-state index contributed by atoms with van der Waals surface area (Å²) in [5.41, 5.74) is 0. The molecule has 1 amide bonds. The standard InChI is InChI=1S/C9H17N5O/c1-2-3-4-5-6-10-9(15)7-14-8-11-12-13-14/h8H,2-7H2,1H3,(H,10,15). The number of nitrogens with one attached hydrogen (secondary N) is 1. The zero-order valence-electron chi connectivity index (χ0n) is 9.02. The van der Waals surface area contributed by atoms with E-state index in [0.717, 1.165) is 13.0 Å². The van der Waals surface area contributed by atoms with Crippen molar-refractivity contribution in [3.63, 3.8) is 0 Å². The molecule has 1 heterocycles. The maximum atomic E-state index is 11.3. The van der Waals surface area contributed by atoms with Gasteiger partial charge in [0.25, 0.3) is 0 Å². The van der Waals surface area contributed by atoms with Crippen molar-refractivity contribution in [2.24, 2.45) is 0 Å². The van der Waals surface area contributed by atoms with Crippen molar-refractivity contribution in [2.75, 3.05) is 6.54 Å². The van der Waals surface area contributed by atoms with Crippen molar-refractivity contribution >= 4 is 5.91 Å². The second kappa shape index (κ2) is 6.92. The van der Waals surface area contributed by atoms with Gasteiger partial charge in [-0.1, -0.05) is 26.2 Å². The number of carbonyl (C=O) groups is 1. The molecule has 15 heavy (non-hydrogen) atoms. The quantitative estimate of drug-likeness (QED) is 0.661. The minimum atomic E-state index is -0.0428. The van der Waals surface area contributed by atoms with E-state index in [9.17, 15) is 4.79 Å². The molecule has 0 aliphatic rings. The van der Waals surface area contributed by atoms with Crippen molar-refractivity contribution in [1.29, 1.82) is 0 Å². The molecule has 0 aromatic carbocycles. The average Bonchev–Trinajstić information content (AvgIpc) is 2.70. The predicted octanol–water partition coefficient (Wildman–Crippen LogP) is 0.370. The number of hydrogen-bond donors (Lipinski definition) is 1. The Morgan fingerprint density at radius 2 is 2.27 bits per heavy atom. The highest BCUT2D eigenvalue weighted by Crippen LogP contribution is 1.96. The van der Waals surface area contributed by atoms with E-state index in [0.29, 0.717) is 0 Å². The molecule has 6 heteroatoms. The molecule has 1 aromatic heterocycles. The molecule has 0 fully saturated rings. The maximum Gasteiger partial charge on any atom is 0.241 e. The minimum Gasteiger partial charge on any atom is -0.354 e. The summed E-state index contributed by atoms with van der Waals surface area (Å²) in [6.45, 7) is 3.10. The van der Waals surface area contributed by atoms with Crippen LogP contribution in [0.4, 0.5) is 0 Å². The summed E-state index contributed by atoms with van der Waals surface area (Å²) in [4.78, 5) is 11.3. The number of carbonyl (C=O) groups excluding carboxylic acids is 1. The molecule has 0 bridgehead atoms. The van der Waals surface area contributed by atoms with Gasteiger partial charge in [0.05, 0.1) is 0 Å². The van der Waals surface area contributed by atoms with Gasteiger partial charge in [0.1, 0.15) is 12.9 Å². The third-order valence-corrected chi connectivity index (χ3v) is 2.05. The number of unbranched alkanes of at least 4 members (excludes halogenated alkanes) is 3. The lowest BCUT2D eigenvalue weighted by Crippen LogP contribution is -2.28. The van der Waals surface area contributed by atoms with E-state index in [1.807, 2.05) is 0 Å². The normalized spacial score (nSPS) is 10.2. The molecule has 84 valence electrons. The maximum absolute atomic E-state index is 11.3. The van der Waals surface area contributed by atoms with Gasteiger partial charge in [0.2, 0.25) is 5.91 Å². The van der Waals surface area contributed by atoms with Crippen LogP contribution in [0.25, 0.3) is 0 Å². The van der Waals surface area contributed by atoms with E-state index >= 15 is 0 Å². The topological polar surface area (TPSA) is 72.7 Å². The summed E-state index contributed by atoms with van der Waals surface area (Å²) >= 11 is 0. The van der Waals surface area contributed by atoms with Crippen LogP contribution in [0.1, 0.15) is 32.6 Å². The summed E-state index contributed by atoms with van der Waals surface area (Å²) in [5.74, 6) is -0.0428. The highest BCUT2D eigenvalue weighted by Gasteiger charge is 2.01. The summed E-state index contributed by atoms with van der Waals surface area (Å²) < 4.78 is 1.40. The van der Waals surface area contributed by atoms with Crippen LogP contribution < -0.4 is 5.32 Å². The smallest absolute Gasteiger partial charge is 0.241 e. The number of nitrogens with zero attached hydrogens (tertiary/aromatic N) is 4. The molecular formula is C9H17N5O. The lowest BCUT2D eigenvalue weighted by molar-refractivity contribution is -0.121. The predicted molar refractivity (Wildman–Crippen MR) is 55.0 cm³/mol. The lowest BCUT2D eigenvalue weighted by Gasteiger charge is -2.03. The van der Waals surface area contributed by atoms with Crippen LogP contribution in [0.3, 0.4) is 0 Å². The van der Waals surface area contributed by atoms with Crippen LogP contribution in [0.5, 0.6) is 0 Å². The zero-order valence-corrected chi connectivity index (χ0v) is 9.02. The van der Waals surface area contributed by atoms with Crippen molar-refractivity contribution in [1.82, 2.24) is 25.5 Å². The van der Waals surface area contributed by atoms with Crippen LogP contribution >= 0.6 is 0 Å². The Hall–Kier alpha value is -1.46. The Labute approximate surface area is 89.0 Å². The molecule has 0 atom stereocenters. The summed E-state index contributed by atoms with van der Waals surface area (Å²) in [5, 5.41) is 13.3. The first-order valence-corrected chi connectivity index (χ1v) is 5.30. The Morgan fingerprint density at radius 1 is 1.40 bits per heavy atom. The van der Waals surface area contributed by atoms with Crippen molar-refractivity contribution in [3.8, 4) is 0 Å². The summed E-state index contributed by atoms with van der Waals surface area (Å²) in [7, 11) is 0. The molecule has 0 aliphatic heterocycles. The SMILES string of the molecule is CCCCCCNC(=O)Cn1cnnn1. The highest BCUT2D eigenvalue weighted by atomic mass is 16.2. The van der Waals surface area contributed by atoms with Crippen LogP contribution in [-0.4, -0.2) is 32.7 Å². The molecular weight excluding hydrogens is 194 g/mol. The molecule has 0 radical (unpaired) electrons. The molecule has 0 saturated heterocycles. The van der Waals surface area contributed by atoms with E-state index in [1.54, 1.807) is 0 Å². The fourth-order valence-corrected chi connectivity index (χ4v) is 1.24. The molecule has 1 N–H and O–H groups in total. The molecule has 0 saturated carbocycles. The van der Waals surface area contributed by atoms with E-state index < -0.39 is 0 Å². The van der Waals surface area contributed by atoms with Gasteiger partial charge in [-0.25, -0.2) is 4.68 Å². The monoisotopic (exact) mass is 211 g/mol. The third-order valence-electron chi connectivity index (χ3n) is 2.05. The number of amides is 1. The van der Waals surface area contributed by atoms with E-state index in [1.165, 1.54) is 30.3 Å². The first-order valence-electron chi connectivity index (χ1n) is 5.30. The van der Waals surface area contributed by atoms with Gasteiger partial charge in [0, 0.05) is 6.54 Å². The fraction of sp³-hybridized carbons (Fsp3) is 0.778. The van der Waals surface area contributed by atoms with Crippen molar-refractivity contribution in [3.05, 3.63) is 6.33 Å². The summed E-state index contributed by atoms with van der Waals surface area (Å²) in [6, 6.07) is 0. The molecule has 6 nitrogen and oxygen atoms in total. The molecule has 0 spiro atoms. The fourth-order valence-electron chi connectivity index (χ4n) is 1.24. The van der Waals surface area contributed by atoms with E-state index in [-0.39, 0.29) is 12.5 Å². The third kappa shape index (κ3) is 5.09. The van der Waals surface area contributed by atoms with Crippen LogP contribution in [-0.2, 0) is 11.3 Å². The van der Waals surface area contributed by atoms with Crippen LogP contribution in [0.2, 0.25) is 0 Å². The van der Waals surface area contributed by atoms with Gasteiger partial charge < -0.3 is 5.32 Å². The van der Waals surface area contributed by atoms with Crippen molar-refractivity contribution in [2.45, 2.75) is 39.2 Å². The van der Waals surface area contributed by atoms with Gasteiger partial charge >= 0.3 is 0 Å². The second-order valence-corrected chi connectivity index (χ2v) is 3.42.